The Labute approximate surface area is 161 Å². The van der Waals surface area contributed by atoms with Crippen LogP contribution in [0.25, 0.3) is 0 Å². The monoisotopic (exact) mass is 398 g/mol. The lowest BCUT2D eigenvalue weighted by Crippen LogP contribution is -2.49. The van der Waals surface area contributed by atoms with Crippen molar-refractivity contribution in [2.45, 2.75) is 37.3 Å². The largest absolute Gasteiger partial charge is 0.355 e. The second kappa shape index (κ2) is 9.62. The van der Waals surface area contributed by atoms with E-state index in [1.165, 1.54) is 0 Å². The standard InChI is InChI=1S/C18H30N4O2S2/c1-5-16-13-22(10-11-25-16)18(19-4)20-8-9-21-26(23,24)17-12-14(2)6-7-15(17)3/h6-7,12,16,21H,5,8-11,13H2,1-4H3,(H,19,20). The lowest BCUT2D eigenvalue weighted by Gasteiger charge is -2.34. The highest BCUT2D eigenvalue weighted by Gasteiger charge is 2.21. The van der Waals surface area contributed by atoms with Crippen LogP contribution in [0.15, 0.2) is 28.1 Å². The number of thioether (sulfide) groups is 1. The van der Waals surface area contributed by atoms with Gasteiger partial charge < -0.3 is 10.2 Å². The van der Waals surface area contributed by atoms with Crippen molar-refractivity contribution in [3.63, 3.8) is 0 Å². The molecule has 1 aliphatic rings. The van der Waals surface area contributed by atoms with Crippen LogP contribution in [0.4, 0.5) is 0 Å². The van der Waals surface area contributed by atoms with Crippen LogP contribution in [-0.4, -0.2) is 63.5 Å². The normalized spacial score (nSPS) is 18.8. The molecule has 0 amide bonds. The van der Waals surface area contributed by atoms with Crippen LogP contribution < -0.4 is 10.0 Å². The van der Waals surface area contributed by atoms with Crippen LogP contribution in [0.3, 0.4) is 0 Å². The molecule has 1 aliphatic heterocycles. The average Bonchev–Trinajstić information content (AvgIpc) is 2.63. The van der Waals surface area contributed by atoms with Crippen molar-refractivity contribution in [2.75, 3.05) is 39.0 Å². The minimum Gasteiger partial charge on any atom is -0.355 e. The van der Waals surface area contributed by atoms with Gasteiger partial charge in [-0.1, -0.05) is 19.1 Å². The van der Waals surface area contributed by atoms with Crippen molar-refractivity contribution in [1.29, 1.82) is 0 Å². The third-order valence-corrected chi connectivity index (χ3v) is 7.41. The molecule has 1 aromatic rings. The maximum Gasteiger partial charge on any atom is 0.240 e. The summed E-state index contributed by atoms with van der Waals surface area (Å²) in [4.78, 5) is 6.95. The van der Waals surface area contributed by atoms with Gasteiger partial charge in [-0.2, -0.15) is 11.8 Å². The van der Waals surface area contributed by atoms with E-state index in [-0.39, 0.29) is 0 Å². The molecule has 2 N–H and O–H groups in total. The SMILES string of the molecule is CCC1CN(C(=NC)NCCNS(=O)(=O)c2cc(C)ccc2C)CCS1. The van der Waals surface area contributed by atoms with Gasteiger partial charge in [0, 0.05) is 44.2 Å². The first-order chi connectivity index (χ1) is 12.4. The highest BCUT2D eigenvalue weighted by Crippen LogP contribution is 2.21. The molecular formula is C18H30N4O2S2. The number of rotatable bonds is 6. The number of guanidine groups is 1. The summed E-state index contributed by atoms with van der Waals surface area (Å²) in [6, 6.07) is 5.46. The molecule has 1 heterocycles. The fourth-order valence-electron chi connectivity index (χ4n) is 2.93. The van der Waals surface area contributed by atoms with Crippen LogP contribution in [-0.2, 0) is 10.0 Å². The molecule has 2 rings (SSSR count). The maximum atomic E-state index is 12.5. The van der Waals surface area contributed by atoms with Gasteiger partial charge in [-0.25, -0.2) is 13.1 Å². The number of benzene rings is 1. The zero-order valence-electron chi connectivity index (χ0n) is 16.1. The van der Waals surface area contributed by atoms with E-state index in [9.17, 15) is 8.42 Å². The van der Waals surface area contributed by atoms with Gasteiger partial charge in [0.1, 0.15) is 0 Å². The molecule has 1 unspecified atom stereocenters. The number of hydrogen-bond acceptors (Lipinski definition) is 4. The first-order valence-electron chi connectivity index (χ1n) is 9.01. The first-order valence-corrected chi connectivity index (χ1v) is 11.5. The predicted molar refractivity (Wildman–Crippen MR) is 111 cm³/mol. The summed E-state index contributed by atoms with van der Waals surface area (Å²) in [5.41, 5.74) is 1.69. The zero-order chi connectivity index (χ0) is 19.2. The third-order valence-electron chi connectivity index (χ3n) is 4.44. The van der Waals surface area contributed by atoms with E-state index >= 15 is 0 Å². The van der Waals surface area contributed by atoms with Gasteiger partial charge in [0.05, 0.1) is 4.90 Å². The molecule has 0 aliphatic carbocycles. The Morgan fingerprint density at radius 3 is 2.81 bits per heavy atom. The third kappa shape index (κ3) is 5.62. The second-order valence-corrected chi connectivity index (χ2v) is 9.63. The number of nitrogens with zero attached hydrogens (tertiary/aromatic N) is 2. The van der Waals surface area contributed by atoms with Crippen LogP contribution in [0.2, 0.25) is 0 Å². The number of nitrogens with one attached hydrogen (secondary N) is 2. The van der Waals surface area contributed by atoms with E-state index in [0.717, 1.165) is 42.3 Å². The number of aryl methyl sites for hydroxylation is 2. The second-order valence-electron chi connectivity index (χ2n) is 6.49. The Kier molecular flexibility index (Phi) is 7.79. The molecule has 0 spiro atoms. The summed E-state index contributed by atoms with van der Waals surface area (Å²) in [5.74, 6) is 1.94. The summed E-state index contributed by atoms with van der Waals surface area (Å²) < 4.78 is 27.7. The summed E-state index contributed by atoms with van der Waals surface area (Å²) in [7, 11) is -1.73. The topological polar surface area (TPSA) is 73.8 Å². The van der Waals surface area contributed by atoms with Crippen molar-refractivity contribution in [3.8, 4) is 0 Å². The van der Waals surface area contributed by atoms with Crippen LogP contribution in [0.5, 0.6) is 0 Å². The van der Waals surface area contributed by atoms with Gasteiger partial charge in [0.15, 0.2) is 5.96 Å². The van der Waals surface area contributed by atoms with Crippen LogP contribution >= 0.6 is 11.8 Å². The fraction of sp³-hybridized carbons (Fsp3) is 0.611. The van der Waals surface area contributed by atoms with Crippen LogP contribution in [0, 0.1) is 13.8 Å². The van der Waals surface area contributed by atoms with E-state index in [1.807, 2.05) is 37.7 Å². The van der Waals surface area contributed by atoms with Crippen LogP contribution in [0.1, 0.15) is 24.5 Å². The van der Waals surface area contributed by atoms with Crippen molar-refractivity contribution in [3.05, 3.63) is 29.3 Å². The molecule has 26 heavy (non-hydrogen) atoms. The smallest absolute Gasteiger partial charge is 0.240 e. The van der Waals surface area contributed by atoms with E-state index in [0.29, 0.717) is 23.2 Å². The van der Waals surface area contributed by atoms with E-state index < -0.39 is 10.0 Å². The predicted octanol–water partition coefficient (Wildman–Crippen LogP) is 1.98. The Hall–Kier alpha value is -1.25. The van der Waals surface area contributed by atoms with Gasteiger partial charge in [-0.05, 0) is 37.5 Å². The highest BCUT2D eigenvalue weighted by atomic mass is 32.2. The Balaban J connectivity index is 1.87. The van der Waals surface area contributed by atoms with Gasteiger partial charge in [-0.3, -0.25) is 4.99 Å². The molecule has 1 saturated heterocycles. The Morgan fingerprint density at radius 2 is 2.12 bits per heavy atom. The van der Waals surface area contributed by atoms with E-state index in [1.54, 1.807) is 13.1 Å². The molecule has 146 valence electrons. The lowest BCUT2D eigenvalue weighted by molar-refractivity contribution is 0.408. The molecule has 0 saturated carbocycles. The van der Waals surface area contributed by atoms with Crippen molar-refractivity contribution in [2.24, 2.45) is 4.99 Å². The fourth-order valence-corrected chi connectivity index (χ4v) is 5.46. The molecule has 1 fully saturated rings. The molecule has 0 bridgehead atoms. The Morgan fingerprint density at radius 1 is 1.35 bits per heavy atom. The molecular weight excluding hydrogens is 368 g/mol. The lowest BCUT2D eigenvalue weighted by atomic mass is 10.2. The summed E-state index contributed by atoms with van der Waals surface area (Å²) >= 11 is 2.01. The molecule has 0 aromatic heterocycles. The summed E-state index contributed by atoms with van der Waals surface area (Å²) in [6.45, 7) is 8.67. The number of aliphatic imine (C=N–C) groups is 1. The minimum absolute atomic E-state index is 0.314. The number of hydrogen-bond donors (Lipinski definition) is 2. The van der Waals surface area contributed by atoms with Crippen molar-refractivity contribution in [1.82, 2.24) is 14.9 Å². The number of sulfonamides is 1. The Bertz CT molecular complexity index is 735. The van der Waals surface area contributed by atoms with Gasteiger partial charge >= 0.3 is 0 Å². The zero-order valence-corrected chi connectivity index (χ0v) is 17.7. The summed E-state index contributed by atoms with van der Waals surface area (Å²) in [5, 5.41) is 3.90. The van der Waals surface area contributed by atoms with E-state index in [4.69, 9.17) is 0 Å². The van der Waals surface area contributed by atoms with Crippen molar-refractivity contribution < 1.29 is 8.42 Å². The van der Waals surface area contributed by atoms with Crippen molar-refractivity contribution >= 4 is 27.7 Å². The highest BCUT2D eigenvalue weighted by molar-refractivity contribution is 8.00. The maximum absolute atomic E-state index is 12.5. The van der Waals surface area contributed by atoms with Gasteiger partial charge in [0.25, 0.3) is 0 Å². The minimum atomic E-state index is -3.50. The molecule has 8 heteroatoms. The molecule has 0 radical (unpaired) electrons. The molecule has 6 nitrogen and oxygen atoms in total. The van der Waals surface area contributed by atoms with Gasteiger partial charge in [0.2, 0.25) is 10.0 Å². The molecule has 1 aromatic carbocycles. The quantitative estimate of drug-likeness (QED) is 0.435. The molecule has 1 atom stereocenters. The van der Waals surface area contributed by atoms with Gasteiger partial charge in [-0.15, -0.1) is 0 Å². The average molecular weight is 399 g/mol. The summed E-state index contributed by atoms with van der Waals surface area (Å²) in [6.07, 6.45) is 1.15. The first kappa shape index (κ1) is 21.1. The van der Waals surface area contributed by atoms with E-state index in [2.05, 4.69) is 26.9 Å².